The van der Waals surface area contributed by atoms with Gasteiger partial charge in [0, 0.05) is 10.4 Å². The SMILES string of the molecule is COc1ccc(NC(=O)c2cc3ccccc3s2)cc1S(N)(=O)=O. The molecule has 24 heavy (non-hydrogen) atoms. The number of methoxy groups -OCH3 is 1. The molecule has 1 aromatic heterocycles. The maximum absolute atomic E-state index is 12.4. The number of benzene rings is 2. The number of thiophene rings is 1. The molecule has 0 fully saturated rings. The van der Waals surface area contributed by atoms with Gasteiger partial charge in [-0.3, -0.25) is 4.79 Å². The number of carbonyl (C=O) groups excluding carboxylic acids is 1. The van der Waals surface area contributed by atoms with Crippen LogP contribution in [0.5, 0.6) is 5.75 Å². The van der Waals surface area contributed by atoms with Crippen LogP contribution in [0.1, 0.15) is 9.67 Å². The number of sulfonamides is 1. The molecule has 0 aliphatic rings. The van der Waals surface area contributed by atoms with E-state index in [2.05, 4.69) is 5.32 Å². The molecule has 0 aliphatic carbocycles. The second-order valence-corrected chi connectivity index (χ2v) is 7.63. The number of anilines is 1. The number of nitrogens with one attached hydrogen (secondary N) is 1. The fraction of sp³-hybridized carbons (Fsp3) is 0.0625. The molecule has 0 saturated carbocycles. The molecule has 8 heteroatoms. The first kappa shape index (κ1) is 16.4. The summed E-state index contributed by atoms with van der Waals surface area (Å²) in [4.78, 5) is 12.7. The van der Waals surface area contributed by atoms with Crippen LogP contribution in [0.2, 0.25) is 0 Å². The molecular weight excluding hydrogens is 348 g/mol. The van der Waals surface area contributed by atoms with Crippen LogP contribution in [0, 0.1) is 0 Å². The third-order valence-electron chi connectivity index (χ3n) is 3.38. The van der Waals surface area contributed by atoms with E-state index in [1.165, 1.54) is 30.6 Å². The zero-order valence-corrected chi connectivity index (χ0v) is 14.3. The minimum absolute atomic E-state index is 0.123. The number of amides is 1. The van der Waals surface area contributed by atoms with Crippen LogP contribution in [0.3, 0.4) is 0 Å². The van der Waals surface area contributed by atoms with Gasteiger partial charge in [0.05, 0.1) is 12.0 Å². The Labute approximate surface area is 142 Å². The van der Waals surface area contributed by atoms with E-state index in [4.69, 9.17) is 9.88 Å². The smallest absolute Gasteiger partial charge is 0.265 e. The van der Waals surface area contributed by atoms with Gasteiger partial charge in [0.2, 0.25) is 10.0 Å². The summed E-state index contributed by atoms with van der Waals surface area (Å²) in [6, 6.07) is 13.7. The lowest BCUT2D eigenvalue weighted by molar-refractivity contribution is 0.103. The highest BCUT2D eigenvalue weighted by Gasteiger charge is 2.17. The van der Waals surface area contributed by atoms with Crippen LogP contribution in [-0.2, 0) is 10.0 Å². The molecule has 0 radical (unpaired) electrons. The lowest BCUT2D eigenvalue weighted by Gasteiger charge is -2.09. The van der Waals surface area contributed by atoms with Crippen molar-refractivity contribution in [1.82, 2.24) is 0 Å². The normalized spacial score (nSPS) is 11.4. The molecule has 2 aromatic carbocycles. The molecule has 0 saturated heterocycles. The Morgan fingerprint density at radius 2 is 1.92 bits per heavy atom. The first-order valence-corrected chi connectivity index (χ1v) is 9.25. The predicted molar refractivity (Wildman–Crippen MR) is 94.1 cm³/mol. The van der Waals surface area contributed by atoms with Gasteiger partial charge in [0.1, 0.15) is 10.6 Å². The number of primary sulfonamides is 1. The van der Waals surface area contributed by atoms with Crippen LogP contribution in [0.25, 0.3) is 10.1 Å². The van der Waals surface area contributed by atoms with Gasteiger partial charge in [-0.05, 0) is 35.7 Å². The molecule has 0 aliphatic heterocycles. The maximum Gasteiger partial charge on any atom is 0.265 e. The van der Waals surface area contributed by atoms with Crippen LogP contribution in [-0.4, -0.2) is 21.4 Å². The topological polar surface area (TPSA) is 98.5 Å². The summed E-state index contributed by atoms with van der Waals surface area (Å²) < 4.78 is 29.2. The van der Waals surface area contributed by atoms with Crippen molar-refractivity contribution in [3.8, 4) is 5.75 Å². The number of fused-ring (bicyclic) bond motifs is 1. The zero-order chi connectivity index (χ0) is 17.3. The Hall–Kier alpha value is -2.42. The highest BCUT2D eigenvalue weighted by atomic mass is 32.2. The summed E-state index contributed by atoms with van der Waals surface area (Å²) in [6.07, 6.45) is 0. The molecular formula is C16H14N2O4S2. The maximum atomic E-state index is 12.4. The Kier molecular flexibility index (Phi) is 4.27. The van der Waals surface area contributed by atoms with E-state index in [0.29, 0.717) is 10.6 Å². The molecule has 0 bridgehead atoms. The first-order chi connectivity index (χ1) is 11.4. The van der Waals surface area contributed by atoms with Crippen molar-refractivity contribution in [2.24, 2.45) is 5.14 Å². The molecule has 1 amide bonds. The second kappa shape index (κ2) is 6.23. The fourth-order valence-corrected chi connectivity index (χ4v) is 3.94. The van der Waals surface area contributed by atoms with Gasteiger partial charge in [-0.2, -0.15) is 0 Å². The number of hydrogen-bond donors (Lipinski definition) is 2. The van der Waals surface area contributed by atoms with Gasteiger partial charge in [-0.25, -0.2) is 13.6 Å². The average molecular weight is 362 g/mol. The van der Waals surface area contributed by atoms with Crippen molar-refractivity contribution in [2.45, 2.75) is 4.90 Å². The lowest BCUT2D eigenvalue weighted by Crippen LogP contribution is -2.15. The van der Waals surface area contributed by atoms with Gasteiger partial charge in [-0.15, -0.1) is 11.3 Å². The highest BCUT2D eigenvalue weighted by molar-refractivity contribution is 7.89. The van der Waals surface area contributed by atoms with Crippen molar-refractivity contribution in [1.29, 1.82) is 0 Å². The standard InChI is InChI=1S/C16H14N2O4S2/c1-22-12-7-6-11(9-15(12)24(17,20)21)18-16(19)14-8-10-4-2-3-5-13(10)23-14/h2-9H,1H3,(H,18,19)(H2,17,20,21). The molecule has 0 atom stereocenters. The Balaban J connectivity index is 1.91. The number of rotatable bonds is 4. The van der Waals surface area contributed by atoms with Crippen LogP contribution < -0.4 is 15.2 Å². The molecule has 3 aromatic rings. The largest absolute Gasteiger partial charge is 0.495 e. The van der Waals surface area contributed by atoms with Crippen molar-refractivity contribution in [3.05, 3.63) is 53.4 Å². The third kappa shape index (κ3) is 3.25. The van der Waals surface area contributed by atoms with Crippen LogP contribution >= 0.6 is 11.3 Å². The van der Waals surface area contributed by atoms with Crippen molar-refractivity contribution in [3.63, 3.8) is 0 Å². The minimum atomic E-state index is -3.96. The van der Waals surface area contributed by atoms with Gasteiger partial charge < -0.3 is 10.1 Å². The molecule has 0 spiro atoms. The van der Waals surface area contributed by atoms with E-state index in [9.17, 15) is 13.2 Å². The number of carbonyl (C=O) groups is 1. The highest BCUT2D eigenvalue weighted by Crippen LogP contribution is 2.28. The quantitative estimate of drug-likeness (QED) is 0.745. The summed E-state index contributed by atoms with van der Waals surface area (Å²) in [5, 5.41) is 8.83. The molecule has 3 N–H and O–H groups in total. The van der Waals surface area contributed by atoms with Gasteiger partial charge >= 0.3 is 0 Å². The summed E-state index contributed by atoms with van der Waals surface area (Å²) >= 11 is 1.36. The van der Waals surface area contributed by atoms with Crippen molar-refractivity contribution < 1.29 is 17.9 Å². The van der Waals surface area contributed by atoms with Crippen LogP contribution in [0.4, 0.5) is 5.69 Å². The van der Waals surface area contributed by atoms with E-state index in [1.54, 1.807) is 12.1 Å². The van der Waals surface area contributed by atoms with Gasteiger partial charge in [0.15, 0.2) is 0 Å². The fourth-order valence-electron chi connectivity index (χ4n) is 2.26. The van der Waals surface area contributed by atoms with Crippen LogP contribution in [0.15, 0.2) is 53.4 Å². The number of hydrogen-bond acceptors (Lipinski definition) is 5. The van der Waals surface area contributed by atoms with E-state index >= 15 is 0 Å². The van der Waals surface area contributed by atoms with Gasteiger partial charge in [-0.1, -0.05) is 18.2 Å². The summed E-state index contributed by atoms with van der Waals surface area (Å²) in [6.45, 7) is 0. The molecule has 6 nitrogen and oxygen atoms in total. The predicted octanol–water partition coefficient (Wildman–Crippen LogP) is 2.81. The first-order valence-electron chi connectivity index (χ1n) is 6.89. The Bertz CT molecular complexity index is 992. The summed E-state index contributed by atoms with van der Waals surface area (Å²) in [5.41, 5.74) is 0.322. The second-order valence-electron chi connectivity index (χ2n) is 5.01. The third-order valence-corrected chi connectivity index (χ3v) is 5.42. The van der Waals surface area contributed by atoms with E-state index in [1.807, 2.05) is 24.3 Å². The monoisotopic (exact) mass is 362 g/mol. The molecule has 1 heterocycles. The van der Waals surface area contributed by atoms with Crippen molar-refractivity contribution in [2.75, 3.05) is 12.4 Å². The van der Waals surface area contributed by atoms with Crippen molar-refractivity contribution >= 4 is 43.0 Å². The summed E-state index contributed by atoms with van der Waals surface area (Å²) in [5.74, 6) is -0.195. The zero-order valence-electron chi connectivity index (χ0n) is 12.6. The van der Waals surface area contributed by atoms with E-state index in [-0.39, 0.29) is 16.6 Å². The molecule has 0 unspecified atom stereocenters. The Morgan fingerprint density at radius 3 is 2.58 bits per heavy atom. The average Bonchev–Trinajstić information content (AvgIpc) is 2.98. The lowest BCUT2D eigenvalue weighted by atomic mass is 10.2. The number of ether oxygens (including phenoxy) is 1. The van der Waals surface area contributed by atoms with E-state index < -0.39 is 10.0 Å². The van der Waals surface area contributed by atoms with Gasteiger partial charge in [0.25, 0.3) is 5.91 Å². The number of nitrogens with two attached hydrogens (primary N) is 1. The summed E-state index contributed by atoms with van der Waals surface area (Å²) in [7, 11) is -2.62. The Morgan fingerprint density at radius 1 is 1.17 bits per heavy atom. The van der Waals surface area contributed by atoms with E-state index in [0.717, 1.165) is 10.1 Å². The molecule has 3 rings (SSSR count). The molecule has 124 valence electrons. The minimum Gasteiger partial charge on any atom is -0.495 e.